The highest BCUT2D eigenvalue weighted by Gasteiger charge is 2.44. The SMILES string of the molecule is COc1ccc(N(CC(=O)Nc2cccc(OC)c2)C2=N[C@@H]3CS(=O)(=O)C[C@H]3S2)cc1. The molecule has 2 aromatic carbocycles. The predicted molar refractivity (Wildman–Crippen MR) is 123 cm³/mol. The Morgan fingerprint density at radius 2 is 1.87 bits per heavy atom. The summed E-state index contributed by atoms with van der Waals surface area (Å²) < 4.78 is 34.3. The summed E-state index contributed by atoms with van der Waals surface area (Å²) in [6, 6.07) is 14.2. The monoisotopic (exact) mass is 461 g/mol. The summed E-state index contributed by atoms with van der Waals surface area (Å²) in [5.41, 5.74) is 1.40. The summed E-state index contributed by atoms with van der Waals surface area (Å²) in [7, 11) is 0.106. The van der Waals surface area contributed by atoms with Crippen LogP contribution in [0.1, 0.15) is 0 Å². The molecule has 2 aromatic rings. The lowest BCUT2D eigenvalue weighted by molar-refractivity contribution is -0.114. The van der Waals surface area contributed by atoms with Gasteiger partial charge in [0.1, 0.15) is 18.0 Å². The smallest absolute Gasteiger partial charge is 0.244 e. The zero-order valence-corrected chi connectivity index (χ0v) is 18.8. The number of aliphatic imine (C=N–C) groups is 1. The van der Waals surface area contributed by atoms with Gasteiger partial charge in [0, 0.05) is 22.7 Å². The third-order valence-electron chi connectivity index (χ3n) is 5.08. The number of rotatable bonds is 6. The lowest BCUT2D eigenvalue weighted by atomic mass is 10.2. The van der Waals surface area contributed by atoms with Crippen molar-refractivity contribution in [3.8, 4) is 11.5 Å². The minimum absolute atomic E-state index is 0.0293. The summed E-state index contributed by atoms with van der Waals surface area (Å²) in [5, 5.41) is 3.42. The molecule has 0 saturated carbocycles. The number of carbonyl (C=O) groups is 1. The first-order valence-electron chi connectivity index (χ1n) is 9.67. The van der Waals surface area contributed by atoms with Crippen molar-refractivity contribution < 1.29 is 22.7 Å². The fourth-order valence-electron chi connectivity index (χ4n) is 3.55. The van der Waals surface area contributed by atoms with Gasteiger partial charge in [0.25, 0.3) is 0 Å². The third-order valence-corrected chi connectivity index (χ3v) is 8.32. The second-order valence-electron chi connectivity index (χ2n) is 7.28. The van der Waals surface area contributed by atoms with E-state index in [0.717, 1.165) is 5.69 Å². The molecule has 1 fully saturated rings. The molecule has 2 aliphatic rings. The third kappa shape index (κ3) is 4.96. The molecule has 164 valence electrons. The van der Waals surface area contributed by atoms with E-state index < -0.39 is 9.84 Å². The number of amides is 1. The van der Waals surface area contributed by atoms with Gasteiger partial charge in [0.15, 0.2) is 15.0 Å². The summed E-state index contributed by atoms with van der Waals surface area (Å²) in [5.74, 6) is 1.29. The van der Waals surface area contributed by atoms with Crippen molar-refractivity contribution in [2.75, 3.05) is 42.5 Å². The van der Waals surface area contributed by atoms with E-state index in [1.165, 1.54) is 11.8 Å². The van der Waals surface area contributed by atoms with Crippen molar-refractivity contribution in [1.82, 2.24) is 0 Å². The Balaban J connectivity index is 1.56. The van der Waals surface area contributed by atoms with Gasteiger partial charge < -0.3 is 19.7 Å². The number of nitrogens with one attached hydrogen (secondary N) is 1. The van der Waals surface area contributed by atoms with Gasteiger partial charge in [0.2, 0.25) is 5.91 Å². The number of hydrogen-bond donors (Lipinski definition) is 1. The first-order chi connectivity index (χ1) is 14.9. The fraction of sp³-hybridized carbons (Fsp3) is 0.333. The van der Waals surface area contributed by atoms with Crippen LogP contribution >= 0.6 is 11.8 Å². The van der Waals surface area contributed by atoms with Crippen molar-refractivity contribution >= 4 is 44.0 Å². The number of anilines is 2. The molecule has 0 aromatic heterocycles. The molecule has 1 saturated heterocycles. The van der Waals surface area contributed by atoms with Crippen LogP contribution in [0.4, 0.5) is 11.4 Å². The van der Waals surface area contributed by atoms with Crippen LogP contribution in [0.15, 0.2) is 53.5 Å². The number of benzene rings is 2. The lowest BCUT2D eigenvalue weighted by Gasteiger charge is -2.24. The van der Waals surface area contributed by atoms with Crippen LogP contribution in [0, 0.1) is 0 Å². The first-order valence-corrected chi connectivity index (χ1v) is 12.4. The Kier molecular flexibility index (Phi) is 6.10. The largest absolute Gasteiger partial charge is 0.497 e. The van der Waals surface area contributed by atoms with Crippen LogP contribution in [0.25, 0.3) is 0 Å². The molecule has 2 aliphatic heterocycles. The highest BCUT2D eigenvalue weighted by atomic mass is 32.2. The molecule has 0 spiro atoms. The van der Waals surface area contributed by atoms with Gasteiger partial charge in [0.05, 0.1) is 31.8 Å². The average Bonchev–Trinajstić information content (AvgIpc) is 3.25. The molecular weight excluding hydrogens is 438 g/mol. The molecule has 31 heavy (non-hydrogen) atoms. The number of thioether (sulfide) groups is 1. The van der Waals surface area contributed by atoms with Gasteiger partial charge in [-0.25, -0.2) is 8.42 Å². The minimum Gasteiger partial charge on any atom is -0.497 e. The topological polar surface area (TPSA) is 97.3 Å². The van der Waals surface area contributed by atoms with Crippen molar-refractivity contribution in [3.05, 3.63) is 48.5 Å². The maximum Gasteiger partial charge on any atom is 0.244 e. The molecule has 8 nitrogen and oxygen atoms in total. The Labute approximate surface area is 185 Å². The number of fused-ring (bicyclic) bond motifs is 1. The Bertz CT molecular complexity index is 1100. The van der Waals surface area contributed by atoms with E-state index in [4.69, 9.17) is 9.47 Å². The average molecular weight is 462 g/mol. The van der Waals surface area contributed by atoms with Crippen molar-refractivity contribution in [3.63, 3.8) is 0 Å². The molecule has 2 atom stereocenters. The molecular formula is C21H23N3O5S2. The highest BCUT2D eigenvalue weighted by Crippen LogP contribution is 2.37. The molecule has 0 radical (unpaired) electrons. The van der Waals surface area contributed by atoms with E-state index in [1.54, 1.807) is 38.5 Å². The zero-order valence-electron chi connectivity index (χ0n) is 17.1. The number of hydrogen-bond acceptors (Lipinski definition) is 8. The van der Waals surface area contributed by atoms with Crippen LogP contribution in [-0.2, 0) is 14.6 Å². The maximum absolute atomic E-state index is 12.8. The molecule has 2 heterocycles. The molecule has 0 bridgehead atoms. The van der Waals surface area contributed by atoms with E-state index in [-0.39, 0.29) is 35.2 Å². The normalized spacial score (nSPS) is 21.2. The standard InChI is InChI=1S/C21H23N3O5S2/c1-28-16-8-6-15(7-9-16)24(21-23-18-12-31(26,27)13-19(18)30-21)11-20(25)22-14-4-3-5-17(10-14)29-2/h3-10,18-19H,11-13H2,1-2H3,(H,22,25)/t18-,19-/m1/s1. The highest BCUT2D eigenvalue weighted by molar-refractivity contribution is 8.15. The molecule has 1 amide bonds. The van der Waals surface area contributed by atoms with E-state index >= 15 is 0 Å². The van der Waals surface area contributed by atoms with E-state index in [2.05, 4.69) is 10.3 Å². The van der Waals surface area contributed by atoms with Crippen molar-refractivity contribution in [1.29, 1.82) is 0 Å². The zero-order chi connectivity index (χ0) is 22.0. The second-order valence-corrected chi connectivity index (χ2v) is 10.6. The molecule has 0 unspecified atom stereocenters. The van der Waals surface area contributed by atoms with Crippen LogP contribution in [0.2, 0.25) is 0 Å². The van der Waals surface area contributed by atoms with Crippen molar-refractivity contribution in [2.45, 2.75) is 11.3 Å². The molecule has 1 N–H and O–H groups in total. The summed E-state index contributed by atoms with van der Waals surface area (Å²) in [6.45, 7) is 0.0293. The number of carbonyl (C=O) groups excluding carboxylic acids is 1. The Morgan fingerprint density at radius 3 is 2.55 bits per heavy atom. The number of methoxy groups -OCH3 is 2. The second kappa shape index (κ2) is 8.80. The van der Waals surface area contributed by atoms with Crippen LogP contribution in [0.3, 0.4) is 0 Å². The summed E-state index contributed by atoms with van der Waals surface area (Å²) >= 11 is 1.42. The number of amidine groups is 1. The first kappa shape index (κ1) is 21.5. The van der Waals surface area contributed by atoms with E-state index in [0.29, 0.717) is 22.4 Å². The fourth-order valence-corrected chi connectivity index (χ4v) is 7.33. The van der Waals surface area contributed by atoms with Gasteiger partial charge in [-0.2, -0.15) is 0 Å². The number of sulfone groups is 1. The van der Waals surface area contributed by atoms with E-state index in [9.17, 15) is 13.2 Å². The van der Waals surface area contributed by atoms with Gasteiger partial charge >= 0.3 is 0 Å². The molecule has 0 aliphatic carbocycles. The van der Waals surface area contributed by atoms with Gasteiger partial charge in [-0.1, -0.05) is 17.8 Å². The molecule has 10 heteroatoms. The van der Waals surface area contributed by atoms with E-state index in [1.807, 2.05) is 29.2 Å². The lowest BCUT2D eigenvalue weighted by Crippen LogP contribution is -2.36. The molecule has 4 rings (SSSR count). The van der Waals surface area contributed by atoms with Crippen LogP contribution in [-0.4, -0.2) is 63.1 Å². The van der Waals surface area contributed by atoms with Crippen LogP contribution in [0.5, 0.6) is 11.5 Å². The van der Waals surface area contributed by atoms with Gasteiger partial charge in [-0.05, 0) is 36.4 Å². The van der Waals surface area contributed by atoms with Crippen molar-refractivity contribution in [2.24, 2.45) is 4.99 Å². The number of nitrogens with zero attached hydrogens (tertiary/aromatic N) is 2. The summed E-state index contributed by atoms with van der Waals surface area (Å²) in [4.78, 5) is 19.3. The van der Waals surface area contributed by atoms with Gasteiger partial charge in [-0.15, -0.1) is 0 Å². The maximum atomic E-state index is 12.8. The quantitative estimate of drug-likeness (QED) is 0.706. The number of ether oxygens (including phenoxy) is 2. The predicted octanol–water partition coefficient (Wildman–Crippen LogP) is 2.42. The van der Waals surface area contributed by atoms with Gasteiger partial charge in [-0.3, -0.25) is 9.79 Å². The van der Waals surface area contributed by atoms with Crippen LogP contribution < -0.4 is 19.7 Å². The Hall–Kier alpha value is -2.72. The summed E-state index contributed by atoms with van der Waals surface area (Å²) in [6.07, 6.45) is 0. The minimum atomic E-state index is -3.05. The Morgan fingerprint density at radius 1 is 1.13 bits per heavy atom.